The van der Waals surface area contributed by atoms with Crippen molar-refractivity contribution in [3.8, 4) is 22.0 Å². The van der Waals surface area contributed by atoms with Crippen molar-refractivity contribution in [3.05, 3.63) is 70.2 Å². The fraction of sp³-hybridized carbons (Fsp3) is 0.150. The van der Waals surface area contributed by atoms with E-state index in [1.807, 2.05) is 41.9 Å². The molecule has 0 N–H and O–H groups in total. The molecule has 7 heteroatoms. The highest BCUT2D eigenvalue weighted by atomic mass is 35.5. The maximum atomic E-state index is 6.27. The van der Waals surface area contributed by atoms with Crippen molar-refractivity contribution in [1.29, 1.82) is 0 Å². The van der Waals surface area contributed by atoms with Crippen LogP contribution in [0.5, 0.6) is 0 Å². The number of hydrogen-bond acceptors (Lipinski definition) is 5. The van der Waals surface area contributed by atoms with Crippen LogP contribution in [-0.2, 0) is 12.8 Å². The normalized spacial score (nSPS) is 11.1. The molecular weight excluding hydrogens is 396 g/mol. The van der Waals surface area contributed by atoms with Crippen LogP contribution in [0.15, 0.2) is 59.1 Å². The Hall–Kier alpha value is -2.15. The Labute approximate surface area is 171 Å². The number of aromatic nitrogens is 4. The maximum Gasteiger partial charge on any atom is 0.191 e. The third kappa shape index (κ3) is 3.93. The summed E-state index contributed by atoms with van der Waals surface area (Å²) < 4.78 is 2.03. The van der Waals surface area contributed by atoms with E-state index in [2.05, 4.69) is 40.7 Å². The first kappa shape index (κ1) is 18.2. The standard InChI is InChI=1S/C20H17ClN4S2/c1-13-6-5-7-14(10-13)18-23-24-20(25(18)2)27-12-15-11-26-19(22-15)16-8-3-4-9-17(16)21/h3-11H,12H2,1-2H3. The summed E-state index contributed by atoms with van der Waals surface area (Å²) in [4.78, 5) is 4.72. The summed E-state index contributed by atoms with van der Waals surface area (Å²) in [5, 5.41) is 13.3. The van der Waals surface area contributed by atoms with Gasteiger partial charge in [-0.1, -0.05) is 65.3 Å². The van der Waals surface area contributed by atoms with E-state index in [0.717, 1.165) is 43.6 Å². The third-order valence-electron chi connectivity index (χ3n) is 4.12. The molecule has 0 aliphatic rings. The summed E-state index contributed by atoms with van der Waals surface area (Å²) in [6.45, 7) is 2.08. The van der Waals surface area contributed by atoms with Crippen LogP contribution in [-0.4, -0.2) is 19.7 Å². The van der Waals surface area contributed by atoms with E-state index in [0.29, 0.717) is 0 Å². The zero-order valence-electron chi connectivity index (χ0n) is 14.9. The molecule has 0 saturated carbocycles. The van der Waals surface area contributed by atoms with Gasteiger partial charge in [0.05, 0.1) is 10.7 Å². The molecule has 0 radical (unpaired) electrons. The first-order valence-corrected chi connectivity index (χ1v) is 10.6. The van der Waals surface area contributed by atoms with Crippen molar-refractivity contribution >= 4 is 34.7 Å². The first-order chi connectivity index (χ1) is 13.1. The second-order valence-corrected chi connectivity index (χ2v) is 8.35. The average Bonchev–Trinajstić information content (AvgIpc) is 3.27. The van der Waals surface area contributed by atoms with Gasteiger partial charge in [-0.15, -0.1) is 21.5 Å². The lowest BCUT2D eigenvalue weighted by molar-refractivity contribution is 0.793. The molecule has 0 atom stereocenters. The Bertz CT molecular complexity index is 1090. The molecule has 0 bridgehead atoms. The summed E-state index contributed by atoms with van der Waals surface area (Å²) >= 11 is 9.51. The fourth-order valence-electron chi connectivity index (χ4n) is 2.75. The second kappa shape index (κ2) is 7.84. The Morgan fingerprint density at radius 2 is 1.96 bits per heavy atom. The van der Waals surface area contributed by atoms with Gasteiger partial charge in [-0.05, 0) is 19.1 Å². The number of thioether (sulfide) groups is 1. The summed E-state index contributed by atoms with van der Waals surface area (Å²) in [5.41, 5.74) is 4.27. The molecule has 27 heavy (non-hydrogen) atoms. The van der Waals surface area contributed by atoms with Crippen LogP contribution in [0.1, 0.15) is 11.3 Å². The predicted octanol–water partition coefficient (Wildman–Crippen LogP) is 5.86. The number of hydrogen-bond donors (Lipinski definition) is 0. The van der Waals surface area contributed by atoms with Crippen LogP contribution in [0.2, 0.25) is 5.02 Å². The lowest BCUT2D eigenvalue weighted by Crippen LogP contribution is -1.95. The molecule has 0 spiro atoms. The van der Waals surface area contributed by atoms with Gasteiger partial charge in [0.25, 0.3) is 0 Å². The molecule has 136 valence electrons. The largest absolute Gasteiger partial charge is 0.305 e. The topological polar surface area (TPSA) is 43.6 Å². The Kier molecular flexibility index (Phi) is 5.29. The van der Waals surface area contributed by atoms with Crippen LogP contribution >= 0.6 is 34.7 Å². The van der Waals surface area contributed by atoms with E-state index in [4.69, 9.17) is 16.6 Å². The SMILES string of the molecule is Cc1cccc(-c2nnc(SCc3csc(-c4ccccc4Cl)n3)n2C)c1. The molecule has 0 fully saturated rings. The number of thiazole rings is 1. The predicted molar refractivity (Wildman–Crippen MR) is 113 cm³/mol. The van der Waals surface area contributed by atoms with Crippen molar-refractivity contribution in [2.24, 2.45) is 7.05 Å². The number of aryl methyl sites for hydroxylation is 1. The molecule has 4 rings (SSSR count). The molecule has 4 aromatic rings. The number of halogens is 1. The zero-order valence-corrected chi connectivity index (χ0v) is 17.3. The minimum absolute atomic E-state index is 0.724. The molecule has 2 aromatic carbocycles. The third-order valence-corrected chi connectivity index (χ3v) is 6.42. The van der Waals surface area contributed by atoms with Crippen LogP contribution in [0.4, 0.5) is 0 Å². The van der Waals surface area contributed by atoms with Crippen molar-refractivity contribution in [2.75, 3.05) is 0 Å². The molecule has 0 saturated heterocycles. The van der Waals surface area contributed by atoms with E-state index < -0.39 is 0 Å². The fourth-order valence-corrected chi connectivity index (χ4v) is 4.80. The van der Waals surface area contributed by atoms with Gasteiger partial charge in [-0.3, -0.25) is 0 Å². The molecule has 4 nitrogen and oxygen atoms in total. The summed E-state index contributed by atoms with van der Waals surface area (Å²) in [6, 6.07) is 16.1. The van der Waals surface area contributed by atoms with E-state index in [9.17, 15) is 0 Å². The zero-order chi connectivity index (χ0) is 18.8. The van der Waals surface area contributed by atoms with Crippen LogP contribution in [0, 0.1) is 6.92 Å². The van der Waals surface area contributed by atoms with Gasteiger partial charge in [0.15, 0.2) is 11.0 Å². The number of nitrogens with zero attached hydrogens (tertiary/aromatic N) is 4. The molecule has 2 aromatic heterocycles. The van der Waals surface area contributed by atoms with Crippen molar-refractivity contribution in [3.63, 3.8) is 0 Å². The van der Waals surface area contributed by atoms with Crippen molar-refractivity contribution < 1.29 is 0 Å². The van der Waals surface area contributed by atoms with Gasteiger partial charge in [-0.2, -0.15) is 0 Å². The lowest BCUT2D eigenvalue weighted by Gasteiger charge is -2.04. The van der Waals surface area contributed by atoms with Crippen LogP contribution in [0.3, 0.4) is 0 Å². The van der Waals surface area contributed by atoms with Crippen LogP contribution < -0.4 is 0 Å². The molecule has 0 unspecified atom stereocenters. The van der Waals surface area contributed by atoms with E-state index in [-0.39, 0.29) is 0 Å². The molecule has 2 heterocycles. The highest BCUT2D eigenvalue weighted by Gasteiger charge is 2.13. The van der Waals surface area contributed by atoms with Gasteiger partial charge in [-0.25, -0.2) is 4.98 Å². The second-order valence-electron chi connectivity index (χ2n) is 6.15. The highest BCUT2D eigenvalue weighted by Crippen LogP contribution is 2.32. The quantitative estimate of drug-likeness (QED) is 0.385. The Morgan fingerprint density at radius 1 is 1.11 bits per heavy atom. The Morgan fingerprint density at radius 3 is 2.78 bits per heavy atom. The number of benzene rings is 2. The van der Waals surface area contributed by atoms with Crippen molar-refractivity contribution in [1.82, 2.24) is 19.7 Å². The van der Waals surface area contributed by atoms with Gasteiger partial charge >= 0.3 is 0 Å². The number of rotatable bonds is 5. The van der Waals surface area contributed by atoms with Crippen LogP contribution in [0.25, 0.3) is 22.0 Å². The summed E-state index contributed by atoms with van der Waals surface area (Å²) in [5.74, 6) is 1.61. The molecule has 0 aliphatic carbocycles. The van der Waals surface area contributed by atoms with Gasteiger partial charge in [0, 0.05) is 29.3 Å². The molecule has 0 amide bonds. The lowest BCUT2D eigenvalue weighted by atomic mass is 10.1. The first-order valence-electron chi connectivity index (χ1n) is 8.40. The highest BCUT2D eigenvalue weighted by molar-refractivity contribution is 7.98. The minimum Gasteiger partial charge on any atom is -0.305 e. The summed E-state index contributed by atoms with van der Waals surface area (Å²) in [7, 11) is 2.00. The Balaban J connectivity index is 1.50. The summed E-state index contributed by atoms with van der Waals surface area (Å²) in [6.07, 6.45) is 0. The van der Waals surface area contributed by atoms with E-state index in [1.54, 1.807) is 23.1 Å². The maximum absolute atomic E-state index is 6.27. The van der Waals surface area contributed by atoms with Crippen molar-refractivity contribution in [2.45, 2.75) is 17.8 Å². The average molecular weight is 413 g/mol. The van der Waals surface area contributed by atoms with Gasteiger partial charge in [0.1, 0.15) is 5.01 Å². The van der Waals surface area contributed by atoms with Gasteiger partial charge in [0.2, 0.25) is 0 Å². The molecular formula is C20H17ClN4S2. The monoisotopic (exact) mass is 412 g/mol. The minimum atomic E-state index is 0.724. The smallest absolute Gasteiger partial charge is 0.191 e. The van der Waals surface area contributed by atoms with E-state index in [1.165, 1.54) is 5.56 Å². The molecule has 0 aliphatic heterocycles. The van der Waals surface area contributed by atoms with Gasteiger partial charge < -0.3 is 4.57 Å². The van der Waals surface area contributed by atoms with E-state index >= 15 is 0 Å².